The molecule has 0 aromatic carbocycles. The van der Waals surface area contributed by atoms with Gasteiger partial charge in [-0.2, -0.15) is 10.2 Å². The summed E-state index contributed by atoms with van der Waals surface area (Å²) in [6, 6.07) is 3.56. The first-order chi connectivity index (χ1) is 15.9. The normalized spacial score (nSPS) is 23.6. The third-order valence-electron chi connectivity index (χ3n) is 7.50. The van der Waals surface area contributed by atoms with Crippen LogP contribution in [0.25, 0.3) is 0 Å². The van der Waals surface area contributed by atoms with Crippen molar-refractivity contribution >= 4 is 17.8 Å². The quantitative estimate of drug-likeness (QED) is 0.690. The standard InChI is InChI=1S/C23H32N6O4/c1-28-19(11-16(27-28)13-32-2)21(30)24-20-12-18(25-26-20)15-4-5-17(10-15)33-22(31)29-9-8-23(14-29)6-3-7-23/h11-12,15,17H,3-10,13-14H2,1-2H3,(H2,24,25,26,30)/t15-,17+/m0/s1. The number of nitrogens with zero attached hydrogens (tertiary/aromatic N) is 4. The molecule has 2 saturated carbocycles. The fourth-order valence-corrected chi connectivity index (χ4v) is 5.47. The van der Waals surface area contributed by atoms with Gasteiger partial charge in [0.2, 0.25) is 0 Å². The van der Waals surface area contributed by atoms with Gasteiger partial charge >= 0.3 is 6.09 Å². The maximum atomic E-state index is 12.6. The molecule has 0 bridgehead atoms. The van der Waals surface area contributed by atoms with Gasteiger partial charge < -0.3 is 19.7 Å². The number of rotatable bonds is 6. The highest BCUT2D eigenvalue weighted by atomic mass is 16.6. The number of methoxy groups -OCH3 is 1. The summed E-state index contributed by atoms with van der Waals surface area (Å²) < 4.78 is 12.4. The van der Waals surface area contributed by atoms with E-state index >= 15 is 0 Å². The molecule has 2 atom stereocenters. The molecule has 33 heavy (non-hydrogen) atoms. The number of aromatic amines is 1. The molecule has 178 valence electrons. The molecule has 10 heteroatoms. The van der Waals surface area contributed by atoms with E-state index in [1.165, 1.54) is 23.9 Å². The molecule has 3 aliphatic rings. The van der Waals surface area contributed by atoms with Gasteiger partial charge in [0.1, 0.15) is 11.8 Å². The van der Waals surface area contributed by atoms with Crippen LogP contribution in [0.1, 0.15) is 72.7 Å². The van der Waals surface area contributed by atoms with Crippen LogP contribution in [-0.4, -0.2) is 63.2 Å². The van der Waals surface area contributed by atoms with Crippen LogP contribution in [0.3, 0.4) is 0 Å². The van der Waals surface area contributed by atoms with Crippen LogP contribution in [0.2, 0.25) is 0 Å². The third-order valence-corrected chi connectivity index (χ3v) is 7.50. The highest BCUT2D eigenvalue weighted by Crippen LogP contribution is 2.48. The fourth-order valence-electron chi connectivity index (χ4n) is 5.47. The minimum absolute atomic E-state index is 0.0737. The van der Waals surface area contributed by atoms with E-state index in [0.29, 0.717) is 29.2 Å². The number of nitrogens with one attached hydrogen (secondary N) is 2. The number of carbonyl (C=O) groups excluding carboxylic acids is 2. The minimum Gasteiger partial charge on any atom is -0.446 e. The summed E-state index contributed by atoms with van der Waals surface area (Å²) in [5, 5.41) is 14.4. The second-order valence-electron chi connectivity index (χ2n) is 9.78. The van der Waals surface area contributed by atoms with Crippen LogP contribution in [0.5, 0.6) is 0 Å². The van der Waals surface area contributed by atoms with E-state index in [0.717, 1.165) is 44.5 Å². The first-order valence-electron chi connectivity index (χ1n) is 11.8. The number of likely N-dealkylation sites (tertiary alicyclic amines) is 1. The van der Waals surface area contributed by atoms with Crippen LogP contribution in [0, 0.1) is 5.41 Å². The van der Waals surface area contributed by atoms with Crippen molar-refractivity contribution < 1.29 is 19.1 Å². The molecule has 0 radical (unpaired) electrons. The predicted octanol–water partition coefficient (Wildman–Crippen LogP) is 3.19. The van der Waals surface area contributed by atoms with Crippen LogP contribution < -0.4 is 5.32 Å². The van der Waals surface area contributed by atoms with E-state index < -0.39 is 0 Å². The minimum atomic E-state index is -0.279. The van der Waals surface area contributed by atoms with E-state index in [9.17, 15) is 9.59 Å². The van der Waals surface area contributed by atoms with E-state index in [-0.39, 0.29) is 24.0 Å². The highest BCUT2D eigenvalue weighted by Gasteiger charge is 2.45. The lowest BCUT2D eigenvalue weighted by molar-refractivity contribution is 0.0619. The lowest BCUT2D eigenvalue weighted by Gasteiger charge is -2.37. The summed E-state index contributed by atoms with van der Waals surface area (Å²) in [4.78, 5) is 27.1. The van der Waals surface area contributed by atoms with Gasteiger partial charge in [0.25, 0.3) is 5.91 Å². The lowest BCUT2D eigenvalue weighted by Crippen LogP contribution is -2.37. The lowest BCUT2D eigenvalue weighted by atomic mass is 9.68. The topological polar surface area (TPSA) is 114 Å². The average molecular weight is 457 g/mol. The zero-order valence-corrected chi connectivity index (χ0v) is 19.3. The van der Waals surface area contributed by atoms with Gasteiger partial charge in [0.05, 0.1) is 12.3 Å². The van der Waals surface area contributed by atoms with Gasteiger partial charge in [0.15, 0.2) is 5.82 Å². The van der Waals surface area contributed by atoms with E-state index in [1.54, 1.807) is 20.2 Å². The number of anilines is 1. The fraction of sp³-hybridized carbons (Fsp3) is 0.652. The van der Waals surface area contributed by atoms with Crippen LogP contribution in [0.15, 0.2) is 12.1 Å². The number of aryl methyl sites for hydroxylation is 1. The van der Waals surface area contributed by atoms with Gasteiger partial charge in [-0.15, -0.1) is 0 Å². The largest absolute Gasteiger partial charge is 0.446 e. The number of hydrogen-bond acceptors (Lipinski definition) is 6. The van der Waals surface area contributed by atoms with Crippen molar-refractivity contribution in [2.45, 2.75) is 63.6 Å². The van der Waals surface area contributed by atoms with Crippen molar-refractivity contribution in [3.8, 4) is 0 Å². The van der Waals surface area contributed by atoms with Crippen molar-refractivity contribution in [2.75, 3.05) is 25.5 Å². The van der Waals surface area contributed by atoms with E-state index in [2.05, 4.69) is 20.6 Å². The van der Waals surface area contributed by atoms with Crippen LogP contribution >= 0.6 is 0 Å². The Morgan fingerprint density at radius 3 is 2.85 bits per heavy atom. The summed E-state index contributed by atoms with van der Waals surface area (Å²) in [5.74, 6) is 0.411. The first-order valence-corrected chi connectivity index (χ1v) is 11.8. The molecule has 2 N–H and O–H groups in total. The summed E-state index contributed by atoms with van der Waals surface area (Å²) in [5.41, 5.74) is 2.46. The van der Waals surface area contributed by atoms with Crippen molar-refractivity contribution in [1.82, 2.24) is 24.9 Å². The van der Waals surface area contributed by atoms with Gasteiger partial charge in [-0.25, -0.2) is 4.79 Å². The van der Waals surface area contributed by atoms with Crippen molar-refractivity contribution in [3.63, 3.8) is 0 Å². The second kappa shape index (κ2) is 8.81. The molecule has 0 unspecified atom stereocenters. The summed E-state index contributed by atoms with van der Waals surface area (Å²) >= 11 is 0. The Morgan fingerprint density at radius 2 is 2.12 bits per heavy atom. The molecule has 3 fully saturated rings. The molecule has 5 rings (SSSR count). The number of H-pyrrole nitrogens is 1. The maximum absolute atomic E-state index is 12.6. The Hall–Kier alpha value is -2.88. The average Bonchev–Trinajstić information content (AvgIpc) is 3.53. The number of hydrogen-bond donors (Lipinski definition) is 2. The second-order valence-corrected chi connectivity index (χ2v) is 9.78. The van der Waals surface area contributed by atoms with E-state index in [1.807, 2.05) is 11.0 Å². The molecule has 10 nitrogen and oxygen atoms in total. The van der Waals surface area contributed by atoms with Gasteiger partial charge in [-0.1, -0.05) is 6.42 Å². The molecular formula is C23H32N6O4. The zero-order chi connectivity index (χ0) is 23.0. The first kappa shape index (κ1) is 21.9. The monoisotopic (exact) mass is 456 g/mol. The van der Waals surface area contributed by atoms with Crippen LogP contribution in [-0.2, 0) is 23.1 Å². The molecular weight excluding hydrogens is 424 g/mol. The molecule has 1 spiro atoms. The van der Waals surface area contributed by atoms with Gasteiger partial charge in [-0.05, 0) is 50.0 Å². The molecule has 1 saturated heterocycles. The summed E-state index contributed by atoms with van der Waals surface area (Å²) in [6.07, 6.45) is 7.18. The Bertz CT molecular complexity index is 1030. The molecule has 2 aromatic heterocycles. The van der Waals surface area contributed by atoms with Crippen molar-refractivity contribution in [1.29, 1.82) is 0 Å². The van der Waals surface area contributed by atoms with Gasteiger partial charge in [-0.3, -0.25) is 14.6 Å². The SMILES string of the molecule is COCc1cc(C(=O)Nc2cc([C@H]3CC[C@@H](OC(=O)N4CCC5(CCC5)C4)C3)[nH]n2)n(C)n1. The smallest absolute Gasteiger partial charge is 0.410 e. The Morgan fingerprint density at radius 1 is 1.27 bits per heavy atom. The van der Waals surface area contributed by atoms with Crippen LogP contribution in [0.4, 0.5) is 10.6 Å². The highest BCUT2D eigenvalue weighted by molar-refractivity contribution is 6.02. The Labute approximate surface area is 193 Å². The molecule has 3 heterocycles. The number of aromatic nitrogens is 4. The Balaban J connectivity index is 1.13. The molecule has 1 aliphatic heterocycles. The van der Waals surface area contributed by atoms with Gasteiger partial charge in [0, 0.05) is 44.9 Å². The molecule has 2 aliphatic carbocycles. The predicted molar refractivity (Wildman–Crippen MR) is 120 cm³/mol. The number of carbonyl (C=O) groups is 2. The summed E-state index contributed by atoms with van der Waals surface area (Å²) in [6.45, 7) is 2.02. The Kier molecular flexibility index (Phi) is 5.86. The molecule has 2 aromatic rings. The number of amides is 2. The van der Waals surface area contributed by atoms with E-state index in [4.69, 9.17) is 9.47 Å². The maximum Gasteiger partial charge on any atom is 0.410 e. The number of ether oxygens (including phenoxy) is 2. The molecule has 2 amide bonds. The van der Waals surface area contributed by atoms with Crippen molar-refractivity contribution in [2.24, 2.45) is 12.5 Å². The third kappa shape index (κ3) is 4.48. The van der Waals surface area contributed by atoms with Crippen molar-refractivity contribution in [3.05, 3.63) is 29.2 Å². The summed E-state index contributed by atoms with van der Waals surface area (Å²) in [7, 11) is 3.31. The zero-order valence-electron chi connectivity index (χ0n) is 19.3.